The largest absolute Gasteiger partial charge is 0.766 e. The Morgan fingerprint density at radius 2 is 1.55 bits per heavy atom. The van der Waals surface area contributed by atoms with E-state index in [1.54, 1.807) is 0 Å². The summed E-state index contributed by atoms with van der Waals surface area (Å²) in [5.74, 6) is 0. The summed E-state index contributed by atoms with van der Waals surface area (Å²) in [6.45, 7) is 2.70. The smallest absolute Gasteiger partial charge is 0.394 e. The molecule has 0 saturated heterocycles. The second-order valence-corrected chi connectivity index (χ2v) is 2.91. The van der Waals surface area contributed by atoms with Gasteiger partial charge in [0.15, 0.2) is 5.09 Å². The third kappa shape index (κ3) is 43.4. The van der Waals surface area contributed by atoms with Gasteiger partial charge in [-0.2, -0.15) is 8.42 Å². The predicted octanol–water partition coefficient (Wildman–Crippen LogP) is -0.758. The van der Waals surface area contributed by atoms with Gasteiger partial charge in [-0.1, -0.05) is 0 Å². The van der Waals surface area contributed by atoms with Crippen LogP contribution in [0.5, 0.6) is 0 Å². The minimum atomic E-state index is -4.67. The van der Waals surface area contributed by atoms with Gasteiger partial charge in [0.05, 0.1) is 0 Å². The Kier molecular flexibility index (Phi) is 6.22. The molecular weight excluding hydrogens is 200 g/mol. The minimum absolute atomic E-state index is 0.824. The number of aliphatic hydroxyl groups excluding tert-OH is 1. The zero-order chi connectivity index (χ0) is 9.65. The van der Waals surface area contributed by atoms with E-state index < -0.39 is 26.6 Å². The van der Waals surface area contributed by atoms with Gasteiger partial charge in [0.2, 0.25) is 0 Å². The van der Waals surface area contributed by atoms with Crippen LogP contribution in [0.4, 0.5) is 0 Å². The summed E-state index contributed by atoms with van der Waals surface area (Å²) in [4.78, 5) is 0. The predicted molar refractivity (Wildman–Crippen MR) is 34.9 cm³/mol. The van der Waals surface area contributed by atoms with Gasteiger partial charge in [0.25, 0.3) is 0 Å². The van der Waals surface area contributed by atoms with E-state index in [0.717, 1.165) is 0 Å². The van der Waals surface area contributed by atoms with Gasteiger partial charge < -0.3 is 9.66 Å². The van der Waals surface area contributed by atoms with Crippen LogP contribution in [0.3, 0.4) is 0 Å². The molecule has 0 aliphatic rings. The molecule has 0 radical (unpaired) electrons. The van der Waals surface area contributed by atoms with E-state index in [2.05, 4.69) is 6.58 Å². The van der Waals surface area contributed by atoms with Crippen LogP contribution in [0.2, 0.25) is 0 Å². The molecule has 0 aliphatic carbocycles. The molecule has 9 heteroatoms. The van der Waals surface area contributed by atoms with Crippen molar-refractivity contribution >= 4 is 21.5 Å². The highest BCUT2D eigenvalue weighted by Gasteiger charge is 1.84. The summed E-state index contributed by atoms with van der Waals surface area (Å²) < 4.78 is 50.3. The van der Waals surface area contributed by atoms with Crippen molar-refractivity contribution in [3.63, 3.8) is 0 Å². The first-order valence-corrected chi connectivity index (χ1v) is 4.28. The Labute approximate surface area is 65.2 Å². The summed E-state index contributed by atoms with van der Waals surface area (Å²) >= 11 is -2.51. The Bertz CT molecular complexity index is 217. The molecule has 0 aliphatic heterocycles. The lowest BCUT2D eigenvalue weighted by atomic mass is 11.2. The second-order valence-electron chi connectivity index (χ2n) is 1.08. The van der Waals surface area contributed by atoms with Crippen LogP contribution < -0.4 is 0 Å². The zero-order valence-corrected chi connectivity index (χ0v) is 6.63. The van der Waals surface area contributed by atoms with E-state index in [9.17, 15) is 8.76 Å². The van der Waals surface area contributed by atoms with Gasteiger partial charge in [-0.3, -0.25) is 13.3 Å². The third-order valence-electron chi connectivity index (χ3n) is 0.192. The molecule has 0 aromatic carbocycles. The SMILES string of the molecule is C=C(O)S(=O)[O-].O=S(=O)(O)O. The minimum Gasteiger partial charge on any atom is -0.766 e. The van der Waals surface area contributed by atoms with Crippen LogP contribution in [0.25, 0.3) is 0 Å². The molecule has 0 heterocycles. The zero-order valence-electron chi connectivity index (χ0n) is 5.00. The number of hydrogen-bond acceptors (Lipinski definition) is 5. The monoisotopic (exact) mass is 205 g/mol. The van der Waals surface area contributed by atoms with Crippen molar-refractivity contribution in [3.8, 4) is 0 Å². The van der Waals surface area contributed by atoms with Gasteiger partial charge >= 0.3 is 10.4 Å². The normalized spacial score (nSPS) is 12.6. The van der Waals surface area contributed by atoms with Crippen molar-refractivity contribution in [3.05, 3.63) is 11.7 Å². The molecule has 68 valence electrons. The maximum absolute atomic E-state index is 9.35. The fourth-order valence-electron chi connectivity index (χ4n) is 0. The van der Waals surface area contributed by atoms with E-state index in [1.165, 1.54) is 0 Å². The molecule has 0 aromatic heterocycles. The van der Waals surface area contributed by atoms with Crippen molar-refractivity contribution in [1.82, 2.24) is 0 Å². The molecule has 0 rings (SSSR count). The van der Waals surface area contributed by atoms with Crippen LogP contribution in [-0.2, 0) is 21.5 Å². The van der Waals surface area contributed by atoms with E-state index in [-0.39, 0.29) is 0 Å². The third-order valence-corrected chi connectivity index (χ3v) is 0.577. The number of rotatable bonds is 1. The van der Waals surface area contributed by atoms with Gasteiger partial charge in [0.1, 0.15) is 0 Å². The molecule has 0 amide bonds. The van der Waals surface area contributed by atoms with Gasteiger partial charge in [-0.25, -0.2) is 0 Å². The summed E-state index contributed by atoms with van der Waals surface area (Å²) in [5.41, 5.74) is 0. The van der Waals surface area contributed by atoms with Crippen molar-refractivity contribution in [1.29, 1.82) is 0 Å². The summed E-state index contributed by atoms with van der Waals surface area (Å²) in [6.07, 6.45) is 0. The molecule has 0 saturated carbocycles. The lowest BCUT2D eigenvalue weighted by Gasteiger charge is -1.96. The lowest BCUT2D eigenvalue weighted by molar-refractivity contribution is 0.381. The summed E-state index contributed by atoms with van der Waals surface area (Å²) in [6, 6.07) is 0. The molecular formula is C2H5O7S2-. The van der Waals surface area contributed by atoms with E-state index >= 15 is 0 Å². The lowest BCUT2D eigenvalue weighted by Crippen LogP contribution is -1.89. The molecule has 7 nitrogen and oxygen atoms in total. The Morgan fingerprint density at radius 3 is 1.55 bits per heavy atom. The topological polar surface area (TPSA) is 135 Å². The first-order chi connectivity index (χ1) is 4.64. The van der Waals surface area contributed by atoms with Crippen molar-refractivity contribution in [2.75, 3.05) is 0 Å². The van der Waals surface area contributed by atoms with E-state index in [4.69, 9.17) is 22.6 Å². The Morgan fingerprint density at radius 1 is 1.45 bits per heavy atom. The van der Waals surface area contributed by atoms with Gasteiger partial charge in [0, 0.05) is 11.1 Å². The van der Waals surface area contributed by atoms with Crippen LogP contribution in [0, 0.1) is 0 Å². The standard InChI is InChI=1S/C2H4O3S.H2O4S/c1-2(3)6(4)5;1-5(2,3)4/h3H,1H2,(H,4,5);(H2,1,2,3,4)/p-1. The molecule has 0 spiro atoms. The van der Waals surface area contributed by atoms with Crippen molar-refractivity contribution in [2.24, 2.45) is 0 Å². The highest BCUT2D eigenvalue weighted by Crippen LogP contribution is 1.82. The second kappa shape index (κ2) is 5.21. The van der Waals surface area contributed by atoms with E-state index in [0.29, 0.717) is 0 Å². The fourth-order valence-corrected chi connectivity index (χ4v) is 0. The summed E-state index contributed by atoms with van der Waals surface area (Å²) in [5, 5.41) is 7.00. The van der Waals surface area contributed by atoms with Crippen LogP contribution in [0.15, 0.2) is 11.7 Å². The van der Waals surface area contributed by atoms with Crippen molar-refractivity contribution in [2.45, 2.75) is 0 Å². The molecule has 0 bridgehead atoms. The average molecular weight is 205 g/mol. The molecule has 11 heavy (non-hydrogen) atoms. The molecule has 1 atom stereocenters. The quantitative estimate of drug-likeness (QED) is 0.291. The Hall–Kier alpha value is -0.480. The van der Waals surface area contributed by atoms with Crippen LogP contribution in [0.1, 0.15) is 0 Å². The number of hydrogen-bond donors (Lipinski definition) is 3. The summed E-state index contributed by atoms with van der Waals surface area (Å²) in [7, 11) is -4.67. The highest BCUT2D eigenvalue weighted by atomic mass is 32.3. The average Bonchev–Trinajstić information content (AvgIpc) is 1.59. The van der Waals surface area contributed by atoms with E-state index in [1.807, 2.05) is 0 Å². The molecule has 3 N–H and O–H groups in total. The van der Waals surface area contributed by atoms with Crippen LogP contribution >= 0.6 is 0 Å². The molecule has 1 unspecified atom stereocenters. The van der Waals surface area contributed by atoms with Crippen LogP contribution in [-0.4, -0.2) is 31.4 Å². The maximum atomic E-state index is 9.35. The highest BCUT2D eigenvalue weighted by molar-refractivity contribution is 7.83. The van der Waals surface area contributed by atoms with Crippen molar-refractivity contribution < 1.29 is 31.4 Å². The Balaban J connectivity index is 0. The fraction of sp³-hybridized carbons (Fsp3) is 0. The molecule has 0 aromatic rings. The van der Waals surface area contributed by atoms with Gasteiger partial charge in [-0.15, -0.1) is 0 Å². The first-order valence-electron chi connectivity index (χ1n) is 1.81. The molecule has 0 fully saturated rings. The number of aliphatic hydroxyl groups is 1. The first kappa shape index (κ1) is 13.1. The van der Waals surface area contributed by atoms with Gasteiger partial charge in [-0.05, 0) is 6.58 Å². The maximum Gasteiger partial charge on any atom is 0.394 e.